The average molecular weight is 836 g/mol. The van der Waals surface area contributed by atoms with Gasteiger partial charge in [-0.2, -0.15) is 0 Å². The van der Waals surface area contributed by atoms with Gasteiger partial charge >= 0.3 is 172 Å². The standard InChI is InChI=1S/C23H13BNSe2.C12H10N.Ir/c1-3-10-19-16(7-1)24-17-8-2-4-11-20(17)27-23-15(18-9-5-6-14-25-18)12-13-21(26-19)22(23)24;1-10-7-8-12(13-9-10)11-5-3-2-4-6-11;/h1-11,13-14H;2-5,7-9H,1H3;/q2*-1;/i;1D3;. The van der Waals surface area contributed by atoms with Gasteiger partial charge in [0, 0.05) is 30.4 Å². The molecule has 2 aliphatic rings. The third-order valence-electron chi connectivity index (χ3n) is 6.93. The van der Waals surface area contributed by atoms with Crippen molar-refractivity contribution in [3.05, 3.63) is 139 Å². The van der Waals surface area contributed by atoms with Crippen LogP contribution < -0.4 is 34.2 Å². The Morgan fingerprint density at radius 3 is 2.15 bits per heavy atom. The molecule has 41 heavy (non-hydrogen) atoms. The molecule has 2 nitrogen and oxygen atoms in total. The third-order valence-corrected chi connectivity index (χ3v) is 11.9. The molecule has 0 bridgehead atoms. The van der Waals surface area contributed by atoms with E-state index in [1.807, 2.05) is 30.5 Å². The Labute approximate surface area is 272 Å². The molecule has 2 aromatic heterocycles. The van der Waals surface area contributed by atoms with Gasteiger partial charge in [-0.25, -0.2) is 0 Å². The van der Waals surface area contributed by atoms with E-state index in [4.69, 9.17) is 4.11 Å². The van der Waals surface area contributed by atoms with Crippen LogP contribution in [0.4, 0.5) is 0 Å². The molecule has 6 aromatic rings. The van der Waals surface area contributed by atoms with E-state index in [9.17, 15) is 0 Å². The predicted molar refractivity (Wildman–Crippen MR) is 169 cm³/mol. The predicted octanol–water partition coefficient (Wildman–Crippen LogP) is 1.86. The Bertz CT molecular complexity index is 1910. The maximum absolute atomic E-state index is 7.23. The first-order valence-electron chi connectivity index (χ1n) is 14.4. The van der Waals surface area contributed by atoms with Crippen LogP contribution in [0.3, 0.4) is 0 Å². The van der Waals surface area contributed by atoms with E-state index in [1.54, 1.807) is 23.7 Å². The van der Waals surface area contributed by atoms with E-state index >= 15 is 0 Å². The summed E-state index contributed by atoms with van der Waals surface area (Å²) in [6.45, 7) is -1.74. The molecule has 199 valence electrons. The fourth-order valence-corrected chi connectivity index (χ4v) is 10.5. The minimum absolute atomic E-state index is 0. The average Bonchev–Trinajstić information content (AvgIpc) is 3.05. The van der Waals surface area contributed by atoms with Crippen molar-refractivity contribution in [2.24, 2.45) is 0 Å². The van der Waals surface area contributed by atoms with Gasteiger partial charge in [0.15, 0.2) is 0 Å². The fourth-order valence-electron chi connectivity index (χ4n) is 5.13. The number of fused-ring (bicyclic) bond motifs is 4. The summed E-state index contributed by atoms with van der Waals surface area (Å²) in [7, 11) is 0. The SMILES string of the molecule is [2H]C([2H])([2H])c1ccc(-c2[c-]cccc2)nc1.[Ir].[c-]1cc2c3c(c1-c1ccccn1)[Se]c1ccccc1B3c1ccccc1[Se]2. The fraction of sp³-hybridized carbons (Fsp3) is 0.0286. The summed E-state index contributed by atoms with van der Waals surface area (Å²) in [5, 5.41) is 0. The summed E-state index contributed by atoms with van der Waals surface area (Å²) in [6.07, 6.45) is 3.28. The van der Waals surface area contributed by atoms with Crippen LogP contribution >= 0.6 is 0 Å². The molecular weight excluding hydrogens is 809 g/mol. The number of pyridine rings is 2. The van der Waals surface area contributed by atoms with Gasteiger partial charge in [0.05, 0.1) is 0 Å². The van der Waals surface area contributed by atoms with Crippen LogP contribution in [0, 0.1) is 19.0 Å². The van der Waals surface area contributed by atoms with Crippen molar-refractivity contribution in [1.82, 2.24) is 9.97 Å². The Hall–Kier alpha value is -3.07. The molecule has 0 saturated heterocycles. The van der Waals surface area contributed by atoms with Gasteiger partial charge in [0.1, 0.15) is 0 Å². The number of nitrogens with zero attached hydrogens (tertiary/aromatic N) is 2. The van der Waals surface area contributed by atoms with Crippen LogP contribution in [-0.4, -0.2) is 46.6 Å². The van der Waals surface area contributed by atoms with Crippen molar-refractivity contribution in [3.63, 3.8) is 0 Å². The van der Waals surface area contributed by atoms with Crippen LogP contribution in [0.25, 0.3) is 22.5 Å². The van der Waals surface area contributed by atoms with Crippen LogP contribution in [0.5, 0.6) is 0 Å². The normalized spacial score (nSPS) is 13.5. The zero-order valence-corrected chi connectivity index (χ0v) is 27.5. The van der Waals surface area contributed by atoms with Gasteiger partial charge < -0.3 is 4.98 Å². The van der Waals surface area contributed by atoms with E-state index in [-0.39, 0.29) is 40.6 Å². The van der Waals surface area contributed by atoms with E-state index < -0.39 is 6.85 Å². The molecule has 8 rings (SSSR count). The number of hydrogen-bond donors (Lipinski definition) is 0. The summed E-state index contributed by atoms with van der Waals surface area (Å²) < 4.78 is 27.7. The van der Waals surface area contributed by atoms with Gasteiger partial charge in [0.2, 0.25) is 0 Å². The van der Waals surface area contributed by atoms with E-state index in [1.165, 1.54) is 40.5 Å². The van der Waals surface area contributed by atoms with Crippen molar-refractivity contribution >= 4 is 70.9 Å². The maximum atomic E-state index is 7.23. The number of hydrogen-bond acceptors (Lipinski definition) is 2. The molecule has 0 amide bonds. The summed E-state index contributed by atoms with van der Waals surface area (Å²) in [5.74, 6) is 0. The molecule has 0 aliphatic carbocycles. The monoisotopic (exact) mass is 838 g/mol. The van der Waals surface area contributed by atoms with E-state index in [2.05, 4.69) is 88.8 Å². The van der Waals surface area contributed by atoms with Crippen LogP contribution in [0.2, 0.25) is 0 Å². The van der Waals surface area contributed by atoms with Crippen molar-refractivity contribution in [2.75, 3.05) is 0 Å². The zero-order valence-electron chi connectivity index (χ0n) is 24.7. The van der Waals surface area contributed by atoms with Crippen molar-refractivity contribution in [1.29, 1.82) is 0 Å². The first-order valence-corrected chi connectivity index (χ1v) is 16.4. The van der Waals surface area contributed by atoms with Crippen molar-refractivity contribution < 1.29 is 24.2 Å². The Morgan fingerprint density at radius 1 is 0.707 bits per heavy atom. The molecule has 4 aromatic carbocycles. The van der Waals surface area contributed by atoms with Gasteiger partial charge in [0.25, 0.3) is 0 Å². The molecule has 4 heterocycles. The quantitative estimate of drug-likeness (QED) is 0.197. The number of benzene rings is 4. The third kappa shape index (κ3) is 5.57. The molecule has 0 unspecified atom stereocenters. The summed E-state index contributed by atoms with van der Waals surface area (Å²) >= 11 is 0.628. The molecule has 1 radical (unpaired) electrons. The van der Waals surface area contributed by atoms with Crippen molar-refractivity contribution in [3.8, 4) is 22.5 Å². The summed E-state index contributed by atoms with van der Waals surface area (Å²) in [5.41, 5.74) is 8.62. The van der Waals surface area contributed by atoms with E-state index in [0.29, 0.717) is 21.7 Å². The Morgan fingerprint density at radius 2 is 1.46 bits per heavy atom. The van der Waals surface area contributed by atoms with Crippen LogP contribution in [-0.2, 0) is 20.1 Å². The first kappa shape index (κ1) is 24.5. The molecule has 0 atom stereocenters. The Balaban J connectivity index is 0.000000174. The van der Waals surface area contributed by atoms with Gasteiger partial charge in [-0.05, 0) is 18.1 Å². The van der Waals surface area contributed by atoms with Gasteiger partial charge in [-0.15, -0.1) is 35.9 Å². The molecule has 2 aliphatic heterocycles. The molecule has 0 fully saturated rings. The number of aryl methyl sites for hydroxylation is 1. The van der Waals surface area contributed by atoms with Crippen molar-refractivity contribution in [2.45, 2.75) is 6.85 Å². The molecule has 0 spiro atoms. The second-order valence-electron chi connectivity index (χ2n) is 9.41. The molecule has 6 heteroatoms. The summed E-state index contributed by atoms with van der Waals surface area (Å²) in [4.78, 5) is 8.76. The second kappa shape index (κ2) is 12.4. The number of aromatic nitrogens is 2. The molecular formula is C35H23BIrN2Se2-2. The first-order chi connectivity index (χ1) is 21.0. The molecule has 0 saturated carbocycles. The zero-order chi connectivity index (χ0) is 29.4. The minimum atomic E-state index is -2.09. The van der Waals surface area contributed by atoms with Crippen LogP contribution in [0.1, 0.15) is 9.68 Å². The van der Waals surface area contributed by atoms with Gasteiger partial charge in [-0.3, -0.25) is 0 Å². The van der Waals surface area contributed by atoms with E-state index in [0.717, 1.165) is 17.0 Å². The number of rotatable bonds is 2. The van der Waals surface area contributed by atoms with Crippen LogP contribution in [0.15, 0.2) is 122 Å². The summed E-state index contributed by atoms with van der Waals surface area (Å²) in [6, 6.07) is 43.8. The molecule has 0 N–H and O–H groups in total. The second-order valence-corrected chi connectivity index (χ2v) is 13.9. The van der Waals surface area contributed by atoms with Gasteiger partial charge in [-0.1, -0.05) is 12.1 Å². The Kier molecular flexibility index (Phi) is 7.44. The topological polar surface area (TPSA) is 25.8 Å².